The predicted molar refractivity (Wildman–Crippen MR) is 112 cm³/mol. The highest BCUT2D eigenvalue weighted by atomic mass is 16.5. The molecule has 1 fully saturated rings. The largest absolute Gasteiger partial charge is 0.497 e. The number of methoxy groups -OCH3 is 1. The van der Waals surface area contributed by atoms with Crippen molar-refractivity contribution in [3.05, 3.63) is 59.7 Å². The van der Waals surface area contributed by atoms with Crippen LogP contribution < -0.4 is 15.8 Å². The summed E-state index contributed by atoms with van der Waals surface area (Å²) in [6, 6.07) is 16.8. The van der Waals surface area contributed by atoms with Crippen LogP contribution in [0.15, 0.2) is 53.5 Å². The zero-order valence-electron chi connectivity index (χ0n) is 16.3. The molecule has 1 heterocycles. The first-order valence-corrected chi connectivity index (χ1v) is 9.67. The van der Waals surface area contributed by atoms with E-state index in [-0.39, 0.29) is 0 Å². The summed E-state index contributed by atoms with van der Waals surface area (Å²) in [5, 5.41) is 3.13. The maximum Gasteiger partial charge on any atom is 0.193 e. The van der Waals surface area contributed by atoms with Crippen LogP contribution >= 0.6 is 0 Å². The van der Waals surface area contributed by atoms with Gasteiger partial charge in [-0.25, -0.2) is 4.99 Å². The number of hydrogen-bond acceptors (Lipinski definition) is 3. The molecule has 3 N–H and O–H groups in total. The maximum absolute atomic E-state index is 6.08. The fourth-order valence-electron chi connectivity index (χ4n) is 3.51. The van der Waals surface area contributed by atoms with Crippen molar-refractivity contribution < 1.29 is 4.74 Å². The number of likely N-dealkylation sites (tertiary alicyclic amines) is 1. The van der Waals surface area contributed by atoms with Crippen molar-refractivity contribution in [3.8, 4) is 5.75 Å². The second kappa shape index (κ2) is 9.42. The van der Waals surface area contributed by atoms with E-state index in [1.807, 2.05) is 24.3 Å². The fraction of sp³-hybridized carbons (Fsp3) is 0.409. The van der Waals surface area contributed by atoms with Crippen LogP contribution in [0.5, 0.6) is 5.75 Å². The summed E-state index contributed by atoms with van der Waals surface area (Å²) in [6.07, 6.45) is 3.93. The number of guanidine groups is 1. The molecular weight excluding hydrogens is 336 g/mol. The summed E-state index contributed by atoms with van der Waals surface area (Å²) in [6.45, 7) is 5.07. The molecule has 1 saturated heterocycles. The van der Waals surface area contributed by atoms with E-state index < -0.39 is 0 Å². The Hall–Kier alpha value is -2.53. The van der Waals surface area contributed by atoms with E-state index in [0.29, 0.717) is 18.5 Å². The van der Waals surface area contributed by atoms with Gasteiger partial charge in [-0.2, -0.15) is 0 Å². The average Bonchev–Trinajstić information content (AvgIpc) is 2.69. The number of anilines is 1. The van der Waals surface area contributed by atoms with Gasteiger partial charge in [0.25, 0.3) is 0 Å². The van der Waals surface area contributed by atoms with Crippen molar-refractivity contribution in [1.82, 2.24) is 4.90 Å². The first-order chi connectivity index (χ1) is 13.2. The lowest BCUT2D eigenvalue weighted by molar-refractivity contribution is 0.152. The van der Waals surface area contributed by atoms with Crippen molar-refractivity contribution in [2.45, 2.75) is 45.3 Å². The zero-order valence-corrected chi connectivity index (χ0v) is 16.3. The number of piperidine rings is 1. The van der Waals surface area contributed by atoms with E-state index in [1.54, 1.807) is 7.11 Å². The minimum Gasteiger partial charge on any atom is -0.497 e. The van der Waals surface area contributed by atoms with Crippen LogP contribution in [-0.4, -0.2) is 30.6 Å². The van der Waals surface area contributed by atoms with Gasteiger partial charge in [0.2, 0.25) is 0 Å². The quantitative estimate of drug-likeness (QED) is 0.599. The average molecular weight is 367 g/mol. The van der Waals surface area contributed by atoms with Crippen LogP contribution in [0.25, 0.3) is 0 Å². The third-order valence-electron chi connectivity index (χ3n) is 5.21. The van der Waals surface area contributed by atoms with Crippen molar-refractivity contribution in [2.75, 3.05) is 19.0 Å². The normalized spacial score (nSPS) is 18.3. The summed E-state index contributed by atoms with van der Waals surface area (Å²) in [5.74, 6) is 1.23. The molecule has 1 aliphatic heterocycles. The number of aliphatic imine (C=N–C) groups is 1. The molecule has 3 rings (SSSR count). The predicted octanol–water partition coefficient (Wildman–Crippen LogP) is 4.00. The molecule has 0 aliphatic carbocycles. The first kappa shape index (κ1) is 19.2. The highest BCUT2D eigenvalue weighted by Gasteiger charge is 2.18. The number of benzene rings is 2. The summed E-state index contributed by atoms with van der Waals surface area (Å²) in [7, 11) is 1.65. The van der Waals surface area contributed by atoms with Crippen LogP contribution in [0.2, 0.25) is 0 Å². The lowest BCUT2D eigenvalue weighted by atomic mass is 10.0. The summed E-state index contributed by atoms with van der Waals surface area (Å²) in [5.41, 5.74) is 9.54. The first-order valence-electron chi connectivity index (χ1n) is 9.67. The van der Waals surface area contributed by atoms with Gasteiger partial charge in [-0.05, 0) is 61.7 Å². The minimum absolute atomic E-state index is 0.418. The fourth-order valence-corrected chi connectivity index (χ4v) is 3.51. The second-order valence-corrected chi connectivity index (χ2v) is 7.14. The number of hydrogen-bond donors (Lipinski definition) is 2. The Labute approximate surface area is 162 Å². The molecule has 0 amide bonds. The Morgan fingerprint density at radius 1 is 1.15 bits per heavy atom. The summed E-state index contributed by atoms with van der Waals surface area (Å²) in [4.78, 5) is 7.11. The Morgan fingerprint density at radius 3 is 2.59 bits per heavy atom. The lowest BCUT2D eigenvalue weighted by Crippen LogP contribution is -2.37. The Bertz CT molecular complexity index is 757. The molecule has 1 unspecified atom stereocenters. The van der Waals surface area contributed by atoms with E-state index in [2.05, 4.69) is 46.4 Å². The maximum atomic E-state index is 6.08. The van der Waals surface area contributed by atoms with E-state index in [4.69, 9.17) is 10.5 Å². The smallest absolute Gasteiger partial charge is 0.193 e. The van der Waals surface area contributed by atoms with E-state index in [1.165, 1.54) is 36.9 Å². The van der Waals surface area contributed by atoms with Crippen molar-refractivity contribution in [1.29, 1.82) is 0 Å². The van der Waals surface area contributed by atoms with Gasteiger partial charge in [0.05, 0.1) is 13.7 Å². The number of ether oxygens (including phenoxy) is 1. The third kappa shape index (κ3) is 5.47. The molecule has 2 aromatic rings. The van der Waals surface area contributed by atoms with Crippen molar-refractivity contribution >= 4 is 11.6 Å². The van der Waals surface area contributed by atoms with Gasteiger partial charge in [-0.1, -0.05) is 30.7 Å². The molecule has 0 saturated carbocycles. The van der Waals surface area contributed by atoms with Gasteiger partial charge in [-0.15, -0.1) is 0 Å². The van der Waals surface area contributed by atoms with Crippen LogP contribution in [0.3, 0.4) is 0 Å². The van der Waals surface area contributed by atoms with E-state index >= 15 is 0 Å². The van der Waals surface area contributed by atoms with E-state index in [9.17, 15) is 0 Å². The lowest BCUT2D eigenvalue weighted by Gasteiger charge is -2.33. The van der Waals surface area contributed by atoms with Gasteiger partial charge < -0.3 is 15.8 Å². The molecule has 1 aliphatic rings. The highest BCUT2D eigenvalue weighted by Crippen LogP contribution is 2.21. The van der Waals surface area contributed by atoms with Crippen LogP contribution in [0.4, 0.5) is 5.69 Å². The number of rotatable bonds is 6. The van der Waals surface area contributed by atoms with Crippen LogP contribution in [-0.2, 0) is 13.1 Å². The van der Waals surface area contributed by atoms with Crippen molar-refractivity contribution in [2.24, 2.45) is 10.7 Å². The van der Waals surface area contributed by atoms with Crippen molar-refractivity contribution in [3.63, 3.8) is 0 Å². The Kier molecular flexibility index (Phi) is 6.71. The summed E-state index contributed by atoms with van der Waals surface area (Å²) >= 11 is 0. The molecule has 0 spiro atoms. The monoisotopic (exact) mass is 366 g/mol. The zero-order chi connectivity index (χ0) is 19.1. The molecular formula is C22H30N4O. The van der Waals surface area contributed by atoms with E-state index in [0.717, 1.165) is 18.0 Å². The molecule has 5 heteroatoms. The van der Waals surface area contributed by atoms with Crippen LogP contribution in [0.1, 0.15) is 37.3 Å². The minimum atomic E-state index is 0.418. The molecule has 1 atom stereocenters. The molecule has 27 heavy (non-hydrogen) atoms. The Balaban J connectivity index is 1.63. The Morgan fingerprint density at radius 2 is 1.89 bits per heavy atom. The molecule has 0 bridgehead atoms. The second-order valence-electron chi connectivity index (χ2n) is 7.14. The summed E-state index contributed by atoms with van der Waals surface area (Å²) < 4.78 is 5.17. The molecule has 0 aromatic heterocycles. The third-order valence-corrected chi connectivity index (χ3v) is 5.21. The SMILES string of the molecule is COc1ccc(NC(N)=NCc2ccccc2CN2CCCCC2C)cc1. The van der Waals surface area contributed by atoms with Gasteiger partial charge in [0.15, 0.2) is 5.96 Å². The molecule has 5 nitrogen and oxygen atoms in total. The highest BCUT2D eigenvalue weighted by molar-refractivity contribution is 5.92. The van der Waals surface area contributed by atoms with Gasteiger partial charge >= 0.3 is 0 Å². The van der Waals surface area contributed by atoms with Gasteiger partial charge in [0, 0.05) is 18.3 Å². The van der Waals surface area contributed by atoms with Gasteiger partial charge in [-0.3, -0.25) is 4.90 Å². The topological polar surface area (TPSA) is 62.9 Å². The number of nitrogens with one attached hydrogen (secondary N) is 1. The number of nitrogens with zero attached hydrogens (tertiary/aromatic N) is 2. The molecule has 0 radical (unpaired) electrons. The molecule has 2 aromatic carbocycles. The van der Waals surface area contributed by atoms with Crippen LogP contribution in [0, 0.1) is 0 Å². The standard InChI is InChI=1S/C22H30N4O/c1-17-7-5-6-14-26(17)16-19-9-4-3-8-18(19)15-24-22(23)25-20-10-12-21(27-2)13-11-20/h3-4,8-13,17H,5-7,14-16H2,1-2H3,(H3,23,24,25). The molecule has 144 valence electrons. The number of nitrogens with two attached hydrogens (primary N) is 1. The van der Waals surface area contributed by atoms with Gasteiger partial charge in [0.1, 0.15) is 5.75 Å².